The lowest BCUT2D eigenvalue weighted by molar-refractivity contribution is 0.790. The van der Waals surface area contributed by atoms with Crippen LogP contribution >= 0.6 is 0 Å². The molecule has 0 unspecified atom stereocenters. The van der Waals surface area contributed by atoms with Gasteiger partial charge in [-0.2, -0.15) is 0 Å². The maximum absolute atomic E-state index is 4.15. The average Bonchev–Trinajstić information content (AvgIpc) is 2.49. The topological polar surface area (TPSA) is 30.2 Å². The molecule has 2 aromatic rings. The lowest BCUT2D eigenvalue weighted by Gasteiger charge is -2.06. The first kappa shape index (κ1) is 7.28. The summed E-state index contributed by atoms with van der Waals surface area (Å²) in [6, 6.07) is 0. The van der Waals surface area contributed by atoms with Gasteiger partial charge in [0.2, 0.25) is 0 Å². The molecule has 0 N–H and O–H groups in total. The van der Waals surface area contributed by atoms with E-state index in [1.54, 1.807) is 0 Å². The fourth-order valence-corrected chi connectivity index (χ4v) is 1.30. The summed E-state index contributed by atoms with van der Waals surface area (Å²) in [5, 5.41) is 0. The van der Waals surface area contributed by atoms with E-state index in [2.05, 4.69) is 28.2 Å². The van der Waals surface area contributed by atoms with Crippen molar-refractivity contribution in [1.82, 2.24) is 14.4 Å². The molecule has 62 valence electrons. The van der Waals surface area contributed by atoms with Crippen LogP contribution in [-0.4, -0.2) is 14.4 Å². The van der Waals surface area contributed by atoms with Gasteiger partial charge in [-0.15, -0.1) is 0 Å². The molecule has 0 amide bonds. The summed E-state index contributed by atoms with van der Waals surface area (Å²) in [5.74, 6) is 0.482. The van der Waals surface area contributed by atoms with Gasteiger partial charge in [0.25, 0.3) is 0 Å². The molecule has 2 aromatic heterocycles. The number of hydrogen-bond acceptors (Lipinski definition) is 2. The van der Waals surface area contributed by atoms with Crippen LogP contribution in [0, 0.1) is 0 Å². The van der Waals surface area contributed by atoms with Gasteiger partial charge in [0, 0.05) is 11.9 Å². The summed E-state index contributed by atoms with van der Waals surface area (Å²) >= 11 is 0. The standard InChI is InChI=1S/C9H11N3/c1-7(2)9-5-10-3-8-4-11-6-12(8)9/h3-7H,1-2H3. The molecule has 0 saturated carbocycles. The molecule has 2 rings (SSSR count). The third-order valence-electron chi connectivity index (χ3n) is 1.95. The quantitative estimate of drug-likeness (QED) is 0.639. The molecule has 0 radical (unpaired) electrons. The fourth-order valence-electron chi connectivity index (χ4n) is 1.30. The minimum Gasteiger partial charge on any atom is -0.300 e. The van der Waals surface area contributed by atoms with Gasteiger partial charge in [-0.25, -0.2) is 4.98 Å². The van der Waals surface area contributed by atoms with E-state index in [4.69, 9.17) is 0 Å². The van der Waals surface area contributed by atoms with Crippen molar-refractivity contribution in [2.75, 3.05) is 0 Å². The third-order valence-corrected chi connectivity index (χ3v) is 1.95. The highest BCUT2D eigenvalue weighted by Crippen LogP contribution is 2.14. The Labute approximate surface area is 71.1 Å². The van der Waals surface area contributed by atoms with E-state index in [0.717, 1.165) is 5.52 Å². The van der Waals surface area contributed by atoms with Crippen LogP contribution in [-0.2, 0) is 0 Å². The second-order valence-corrected chi connectivity index (χ2v) is 3.18. The predicted molar refractivity (Wildman–Crippen MR) is 47.1 cm³/mol. The van der Waals surface area contributed by atoms with Crippen LogP contribution < -0.4 is 0 Å². The number of rotatable bonds is 1. The molecule has 0 saturated heterocycles. The second kappa shape index (κ2) is 2.59. The first-order valence-electron chi connectivity index (χ1n) is 4.05. The Kier molecular flexibility index (Phi) is 1.57. The Hall–Kier alpha value is -1.38. The van der Waals surface area contributed by atoms with Crippen molar-refractivity contribution in [3.63, 3.8) is 0 Å². The van der Waals surface area contributed by atoms with Crippen LogP contribution in [0.1, 0.15) is 25.5 Å². The zero-order valence-electron chi connectivity index (χ0n) is 7.23. The highest BCUT2D eigenvalue weighted by molar-refractivity contribution is 5.43. The maximum atomic E-state index is 4.15. The first-order chi connectivity index (χ1) is 5.79. The Morgan fingerprint density at radius 1 is 1.17 bits per heavy atom. The van der Waals surface area contributed by atoms with Crippen molar-refractivity contribution < 1.29 is 0 Å². The van der Waals surface area contributed by atoms with Crippen molar-refractivity contribution in [2.24, 2.45) is 0 Å². The number of aromatic nitrogens is 3. The molecule has 0 aliphatic carbocycles. The average molecular weight is 161 g/mol. The minimum atomic E-state index is 0.482. The first-order valence-corrected chi connectivity index (χ1v) is 4.05. The maximum Gasteiger partial charge on any atom is 0.0995 e. The van der Waals surface area contributed by atoms with E-state index >= 15 is 0 Å². The van der Waals surface area contributed by atoms with Crippen molar-refractivity contribution in [1.29, 1.82) is 0 Å². The molecule has 2 heterocycles. The van der Waals surface area contributed by atoms with Crippen LogP contribution in [0.4, 0.5) is 0 Å². The van der Waals surface area contributed by atoms with Crippen LogP contribution in [0.15, 0.2) is 24.9 Å². The lowest BCUT2D eigenvalue weighted by atomic mass is 10.1. The molecule has 3 heteroatoms. The van der Waals surface area contributed by atoms with Gasteiger partial charge in [-0.05, 0) is 5.92 Å². The molecule has 0 aliphatic rings. The van der Waals surface area contributed by atoms with Crippen LogP contribution in [0.2, 0.25) is 0 Å². The molecule has 0 bridgehead atoms. The summed E-state index contributed by atoms with van der Waals surface area (Å²) in [5.41, 5.74) is 2.26. The van der Waals surface area contributed by atoms with Crippen molar-refractivity contribution in [3.8, 4) is 0 Å². The summed E-state index contributed by atoms with van der Waals surface area (Å²) in [6.45, 7) is 4.30. The van der Waals surface area contributed by atoms with E-state index < -0.39 is 0 Å². The summed E-state index contributed by atoms with van der Waals surface area (Å²) < 4.78 is 2.07. The molecule has 12 heavy (non-hydrogen) atoms. The van der Waals surface area contributed by atoms with E-state index in [-0.39, 0.29) is 0 Å². The van der Waals surface area contributed by atoms with Crippen LogP contribution in [0.3, 0.4) is 0 Å². The number of fused-ring (bicyclic) bond motifs is 1. The van der Waals surface area contributed by atoms with Gasteiger partial charge < -0.3 is 0 Å². The largest absolute Gasteiger partial charge is 0.300 e. The van der Waals surface area contributed by atoms with E-state index in [9.17, 15) is 0 Å². The van der Waals surface area contributed by atoms with Gasteiger partial charge in [0.1, 0.15) is 0 Å². The fraction of sp³-hybridized carbons (Fsp3) is 0.333. The molecule has 0 aromatic carbocycles. The van der Waals surface area contributed by atoms with Crippen LogP contribution in [0.5, 0.6) is 0 Å². The summed E-state index contributed by atoms with van der Waals surface area (Å²) in [7, 11) is 0. The molecule has 0 fully saturated rings. The van der Waals surface area contributed by atoms with Crippen molar-refractivity contribution >= 4 is 5.52 Å². The summed E-state index contributed by atoms with van der Waals surface area (Å²) in [6.07, 6.45) is 7.35. The molecule has 0 spiro atoms. The van der Waals surface area contributed by atoms with Gasteiger partial charge >= 0.3 is 0 Å². The Morgan fingerprint density at radius 2 is 1.92 bits per heavy atom. The van der Waals surface area contributed by atoms with Crippen molar-refractivity contribution in [2.45, 2.75) is 19.8 Å². The van der Waals surface area contributed by atoms with E-state index in [1.807, 2.05) is 24.9 Å². The van der Waals surface area contributed by atoms with E-state index in [1.165, 1.54) is 5.69 Å². The molecule has 3 nitrogen and oxygen atoms in total. The number of hydrogen-bond donors (Lipinski definition) is 0. The normalized spacial score (nSPS) is 11.2. The molecule has 0 aliphatic heterocycles. The zero-order valence-corrected chi connectivity index (χ0v) is 7.23. The summed E-state index contributed by atoms with van der Waals surface area (Å²) in [4.78, 5) is 8.21. The molecular weight excluding hydrogens is 150 g/mol. The highest BCUT2D eigenvalue weighted by Gasteiger charge is 2.03. The lowest BCUT2D eigenvalue weighted by Crippen LogP contribution is -1.98. The second-order valence-electron chi connectivity index (χ2n) is 3.18. The molecule has 0 atom stereocenters. The van der Waals surface area contributed by atoms with Crippen LogP contribution in [0.25, 0.3) is 5.52 Å². The zero-order chi connectivity index (χ0) is 8.55. The minimum absolute atomic E-state index is 0.482. The Morgan fingerprint density at radius 3 is 2.67 bits per heavy atom. The Balaban J connectivity index is 2.73. The number of imidazole rings is 1. The smallest absolute Gasteiger partial charge is 0.0995 e. The van der Waals surface area contributed by atoms with Gasteiger partial charge in [-0.1, -0.05) is 13.8 Å². The van der Waals surface area contributed by atoms with E-state index in [0.29, 0.717) is 5.92 Å². The Bertz CT molecular complexity index is 389. The van der Waals surface area contributed by atoms with Gasteiger partial charge in [0.05, 0.1) is 24.2 Å². The monoisotopic (exact) mass is 161 g/mol. The predicted octanol–water partition coefficient (Wildman–Crippen LogP) is 1.85. The number of nitrogens with zero attached hydrogens (tertiary/aromatic N) is 3. The SMILES string of the molecule is CC(C)c1cncc2cncn12. The molecular formula is C9H11N3. The van der Waals surface area contributed by atoms with Crippen molar-refractivity contribution in [3.05, 3.63) is 30.6 Å². The highest BCUT2D eigenvalue weighted by atomic mass is 15.0. The van der Waals surface area contributed by atoms with Gasteiger partial charge in [0.15, 0.2) is 0 Å². The van der Waals surface area contributed by atoms with Gasteiger partial charge in [-0.3, -0.25) is 9.38 Å². The third kappa shape index (κ3) is 0.978.